The standard InChI is InChI=1S/C23H22F2N2O4/c1-3-6-19(27-23(29)30)13-11-17(24)20(18(25)12-13)21(28)15-7-5-8-16-14(15)9-10-26-22(16)31-4-2/h5,7-12,19,27H,3-4,6H2,1-2H3,(H,29,30). The summed E-state index contributed by atoms with van der Waals surface area (Å²) in [7, 11) is 0. The number of pyridine rings is 1. The zero-order valence-electron chi connectivity index (χ0n) is 17.1. The van der Waals surface area contributed by atoms with E-state index in [1.54, 1.807) is 25.1 Å². The maximum Gasteiger partial charge on any atom is 0.405 e. The van der Waals surface area contributed by atoms with Crippen LogP contribution in [0.1, 0.15) is 54.2 Å². The molecule has 3 rings (SSSR count). The van der Waals surface area contributed by atoms with Gasteiger partial charge >= 0.3 is 6.09 Å². The average Bonchev–Trinajstić information content (AvgIpc) is 2.72. The molecule has 0 radical (unpaired) electrons. The number of halogens is 2. The lowest BCUT2D eigenvalue weighted by atomic mass is 9.94. The summed E-state index contributed by atoms with van der Waals surface area (Å²) in [5, 5.41) is 12.3. The molecular weight excluding hydrogens is 406 g/mol. The van der Waals surface area contributed by atoms with Gasteiger partial charge in [0.1, 0.15) is 11.6 Å². The SMILES string of the molecule is CCCC(NC(=O)O)c1cc(F)c(C(=O)c2cccc3c(OCC)nccc23)c(F)c1. The van der Waals surface area contributed by atoms with Gasteiger partial charge in [0.2, 0.25) is 5.88 Å². The van der Waals surface area contributed by atoms with Gasteiger partial charge in [0, 0.05) is 17.1 Å². The lowest BCUT2D eigenvalue weighted by Gasteiger charge is -2.18. The first-order valence-electron chi connectivity index (χ1n) is 9.90. The monoisotopic (exact) mass is 428 g/mol. The molecular formula is C23H22F2N2O4. The summed E-state index contributed by atoms with van der Waals surface area (Å²) in [4.78, 5) is 28.3. The molecule has 0 fully saturated rings. The third-order valence-corrected chi connectivity index (χ3v) is 4.86. The van der Waals surface area contributed by atoms with Crippen molar-refractivity contribution < 1.29 is 28.2 Å². The predicted molar refractivity (Wildman–Crippen MR) is 112 cm³/mol. The van der Waals surface area contributed by atoms with Crippen LogP contribution in [0.3, 0.4) is 0 Å². The Labute approximate surface area is 177 Å². The molecule has 1 unspecified atom stereocenters. The second kappa shape index (κ2) is 9.51. The van der Waals surface area contributed by atoms with Gasteiger partial charge in [-0.15, -0.1) is 0 Å². The first-order chi connectivity index (χ1) is 14.9. The van der Waals surface area contributed by atoms with Gasteiger partial charge in [-0.3, -0.25) is 4.79 Å². The van der Waals surface area contributed by atoms with Crippen molar-refractivity contribution in [1.82, 2.24) is 10.3 Å². The van der Waals surface area contributed by atoms with E-state index in [-0.39, 0.29) is 11.1 Å². The first kappa shape index (κ1) is 22.1. The minimum absolute atomic E-state index is 0.111. The van der Waals surface area contributed by atoms with E-state index in [9.17, 15) is 18.4 Å². The van der Waals surface area contributed by atoms with Crippen molar-refractivity contribution in [3.63, 3.8) is 0 Å². The highest BCUT2D eigenvalue weighted by Crippen LogP contribution is 2.30. The molecule has 2 N–H and O–H groups in total. The van der Waals surface area contributed by atoms with Gasteiger partial charge < -0.3 is 15.2 Å². The van der Waals surface area contributed by atoms with Crippen molar-refractivity contribution in [3.05, 3.63) is 70.9 Å². The van der Waals surface area contributed by atoms with E-state index in [0.717, 1.165) is 12.1 Å². The van der Waals surface area contributed by atoms with Crippen LogP contribution in [0.15, 0.2) is 42.6 Å². The van der Waals surface area contributed by atoms with Gasteiger partial charge in [-0.2, -0.15) is 0 Å². The summed E-state index contributed by atoms with van der Waals surface area (Å²) >= 11 is 0. The van der Waals surface area contributed by atoms with E-state index in [0.29, 0.717) is 36.1 Å². The van der Waals surface area contributed by atoms with E-state index >= 15 is 0 Å². The highest BCUT2D eigenvalue weighted by atomic mass is 19.1. The number of ether oxygens (including phenoxy) is 1. The minimum atomic E-state index is -1.30. The van der Waals surface area contributed by atoms with Gasteiger partial charge in [0.15, 0.2) is 5.78 Å². The number of fused-ring (bicyclic) bond motifs is 1. The minimum Gasteiger partial charge on any atom is -0.478 e. The molecule has 0 aliphatic heterocycles. The van der Waals surface area contributed by atoms with Crippen LogP contribution < -0.4 is 10.1 Å². The van der Waals surface area contributed by atoms with E-state index in [1.807, 2.05) is 6.92 Å². The Bertz CT molecular complexity index is 1110. The zero-order valence-corrected chi connectivity index (χ0v) is 17.1. The summed E-state index contributed by atoms with van der Waals surface area (Å²) in [5.74, 6) is -2.60. The van der Waals surface area contributed by atoms with Crippen LogP contribution in [0.2, 0.25) is 0 Å². The fourth-order valence-corrected chi connectivity index (χ4v) is 3.54. The van der Waals surface area contributed by atoms with E-state index in [1.165, 1.54) is 12.3 Å². The third kappa shape index (κ3) is 4.63. The van der Waals surface area contributed by atoms with E-state index < -0.39 is 35.1 Å². The quantitative estimate of drug-likeness (QED) is 0.478. The topological polar surface area (TPSA) is 88.5 Å². The average molecular weight is 428 g/mol. The molecule has 0 aliphatic carbocycles. The molecule has 3 aromatic rings. The molecule has 1 atom stereocenters. The van der Waals surface area contributed by atoms with Crippen LogP contribution in [0.4, 0.5) is 13.6 Å². The number of carbonyl (C=O) groups excluding carboxylic acids is 1. The number of carbonyl (C=O) groups is 2. The summed E-state index contributed by atoms with van der Waals surface area (Å²) in [5.41, 5.74) is -0.465. The number of hydrogen-bond donors (Lipinski definition) is 2. The Morgan fingerprint density at radius 3 is 2.45 bits per heavy atom. The summed E-state index contributed by atoms with van der Waals surface area (Å²) in [6.45, 7) is 4.00. The Morgan fingerprint density at radius 2 is 1.84 bits per heavy atom. The Balaban J connectivity index is 2.07. The molecule has 0 saturated carbocycles. The van der Waals surface area contributed by atoms with Crippen LogP contribution in [0.5, 0.6) is 5.88 Å². The zero-order chi connectivity index (χ0) is 22.5. The normalized spacial score (nSPS) is 11.9. The molecule has 6 nitrogen and oxygen atoms in total. The Morgan fingerprint density at radius 1 is 1.13 bits per heavy atom. The van der Waals surface area contributed by atoms with Gasteiger partial charge in [0.25, 0.3) is 0 Å². The lowest BCUT2D eigenvalue weighted by Crippen LogP contribution is -2.27. The van der Waals surface area contributed by atoms with E-state index in [2.05, 4.69) is 10.3 Å². The lowest BCUT2D eigenvalue weighted by molar-refractivity contribution is 0.103. The highest BCUT2D eigenvalue weighted by Gasteiger charge is 2.24. The van der Waals surface area contributed by atoms with Crippen LogP contribution in [0.25, 0.3) is 10.8 Å². The fourth-order valence-electron chi connectivity index (χ4n) is 3.54. The molecule has 0 spiro atoms. The Kier molecular flexibility index (Phi) is 6.79. The van der Waals surface area contributed by atoms with Crippen molar-refractivity contribution in [3.8, 4) is 5.88 Å². The smallest absolute Gasteiger partial charge is 0.405 e. The molecule has 1 aromatic heterocycles. The molecule has 1 amide bonds. The molecule has 31 heavy (non-hydrogen) atoms. The van der Waals surface area contributed by atoms with Crippen molar-refractivity contribution >= 4 is 22.6 Å². The van der Waals surface area contributed by atoms with Crippen molar-refractivity contribution in [1.29, 1.82) is 0 Å². The molecule has 0 saturated heterocycles. The summed E-state index contributed by atoms with van der Waals surface area (Å²) in [6, 6.07) is 7.61. The maximum absolute atomic E-state index is 14.9. The van der Waals surface area contributed by atoms with Gasteiger partial charge in [-0.05, 0) is 48.6 Å². The van der Waals surface area contributed by atoms with Gasteiger partial charge in [0.05, 0.1) is 18.2 Å². The second-order valence-electron chi connectivity index (χ2n) is 6.93. The molecule has 1 heterocycles. The molecule has 2 aromatic carbocycles. The number of amides is 1. The second-order valence-corrected chi connectivity index (χ2v) is 6.93. The fraction of sp³-hybridized carbons (Fsp3) is 0.261. The first-order valence-corrected chi connectivity index (χ1v) is 9.90. The van der Waals surface area contributed by atoms with Gasteiger partial charge in [-0.1, -0.05) is 25.5 Å². The van der Waals surface area contributed by atoms with Crippen molar-refractivity contribution in [2.24, 2.45) is 0 Å². The van der Waals surface area contributed by atoms with Crippen LogP contribution >= 0.6 is 0 Å². The predicted octanol–water partition coefficient (Wildman–Crippen LogP) is 5.25. The molecule has 0 bridgehead atoms. The van der Waals surface area contributed by atoms with E-state index in [4.69, 9.17) is 9.84 Å². The van der Waals surface area contributed by atoms with Crippen molar-refractivity contribution in [2.75, 3.05) is 6.61 Å². The molecule has 162 valence electrons. The van der Waals surface area contributed by atoms with Crippen LogP contribution in [0, 0.1) is 11.6 Å². The number of carboxylic acid groups (broad SMARTS) is 1. The van der Waals surface area contributed by atoms with Crippen LogP contribution in [-0.2, 0) is 0 Å². The van der Waals surface area contributed by atoms with Crippen LogP contribution in [-0.4, -0.2) is 28.6 Å². The van der Waals surface area contributed by atoms with Crippen molar-refractivity contribution in [2.45, 2.75) is 32.7 Å². The number of aromatic nitrogens is 1. The summed E-state index contributed by atoms with van der Waals surface area (Å²) in [6.07, 6.45) is 1.12. The number of benzene rings is 2. The summed E-state index contributed by atoms with van der Waals surface area (Å²) < 4.78 is 35.3. The molecule has 8 heteroatoms. The number of ketones is 1. The number of rotatable bonds is 8. The third-order valence-electron chi connectivity index (χ3n) is 4.86. The maximum atomic E-state index is 14.9. The molecule has 0 aliphatic rings. The Hall–Kier alpha value is -3.55. The number of hydrogen-bond acceptors (Lipinski definition) is 4. The van der Waals surface area contributed by atoms with Gasteiger partial charge in [-0.25, -0.2) is 18.6 Å². The highest BCUT2D eigenvalue weighted by molar-refractivity contribution is 6.17. The number of nitrogens with zero attached hydrogens (tertiary/aromatic N) is 1. The number of nitrogens with one attached hydrogen (secondary N) is 1. The largest absolute Gasteiger partial charge is 0.478 e.